The number of hydrogen-bond donors (Lipinski definition) is 3. The Balaban J connectivity index is 1.75. The summed E-state index contributed by atoms with van der Waals surface area (Å²) in [5.74, 6) is -2.76. The van der Waals surface area contributed by atoms with Gasteiger partial charge in [0, 0.05) is 17.8 Å². The highest BCUT2D eigenvalue weighted by atomic mass is 16.4. The molecule has 0 radical (unpaired) electrons. The first-order chi connectivity index (χ1) is 11.5. The molecule has 6 heteroatoms. The topological polar surface area (TPSA) is 95.5 Å². The van der Waals surface area contributed by atoms with E-state index < -0.39 is 17.8 Å². The Morgan fingerprint density at radius 2 is 1.88 bits per heavy atom. The molecule has 1 saturated carbocycles. The van der Waals surface area contributed by atoms with Crippen LogP contribution in [-0.2, 0) is 9.59 Å². The van der Waals surface area contributed by atoms with Crippen molar-refractivity contribution in [2.75, 3.05) is 11.9 Å². The number of carbonyl (C=O) groups excluding carboxylic acids is 2. The third-order valence-corrected chi connectivity index (χ3v) is 4.78. The van der Waals surface area contributed by atoms with Crippen LogP contribution in [0.25, 0.3) is 0 Å². The van der Waals surface area contributed by atoms with Crippen molar-refractivity contribution in [2.45, 2.75) is 13.3 Å². The third kappa shape index (κ3) is 2.91. The van der Waals surface area contributed by atoms with Crippen LogP contribution in [-0.4, -0.2) is 29.4 Å². The number of nitrogens with one attached hydrogen (secondary N) is 2. The van der Waals surface area contributed by atoms with Gasteiger partial charge in [-0.25, -0.2) is 0 Å². The molecule has 2 aliphatic rings. The quantitative estimate of drug-likeness (QED) is 0.719. The predicted octanol–water partition coefficient (Wildman–Crippen LogP) is 1.90. The molecule has 0 unspecified atom stereocenters. The van der Waals surface area contributed by atoms with Crippen molar-refractivity contribution in [1.82, 2.24) is 5.32 Å². The second-order valence-corrected chi connectivity index (χ2v) is 6.27. The van der Waals surface area contributed by atoms with Gasteiger partial charge in [-0.2, -0.15) is 0 Å². The fourth-order valence-electron chi connectivity index (χ4n) is 3.74. The number of carbonyl (C=O) groups is 3. The Labute approximate surface area is 139 Å². The smallest absolute Gasteiger partial charge is 0.307 e. The van der Waals surface area contributed by atoms with Gasteiger partial charge >= 0.3 is 5.97 Å². The van der Waals surface area contributed by atoms with Gasteiger partial charge in [-0.05, 0) is 43.4 Å². The van der Waals surface area contributed by atoms with Gasteiger partial charge in [0.05, 0.1) is 11.8 Å². The van der Waals surface area contributed by atoms with Crippen LogP contribution < -0.4 is 10.6 Å². The minimum Gasteiger partial charge on any atom is -0.481 e. The lowest BCUT2D eigenvalue weighted by Crippen LogP contribution is -2.36. The van der Waals surface area contributed by atoms with Crippen molar-refractivity contribution < 1.29 is 19.5 Å². The van der Waals surface area contributed by atoms with Gasteiger partial charge in [-0.1, -0.05) is 18.2 Å². The summed E-state index contributed by atoms with van der Waals surface area (Å²) in [6.07, 6.45) is 4.57. The molecule has 1 aromatic rings. The van der Waals surface area contributed by atoms with Crippen molar-refractivity contribution >= 4 is 23.5 Å². The summed E-state index contributed by atoms with van der Waals surface area (Å²) in [5, 5.41) is 14.9. The average Bonchev–Trinajstić information content (AvgIpc) is 3.16. The molecule has 1 aromatic carbocycles. The largest absolute Gasteiger partial charge is 0.481 e. The summed E-state index contributed by atoms with van der Waals surface area (Å²) in [6.45, 7) is 2.35. The Bertz CT molecular complexity index is 713. The second-order valence-electron chi connectivity index (χ2n) is 6.27. The summed E-state index contributed by atoms with van der Waals surface area (Å²) in [4.78, 5) is 36.0. The monoisotopic (exact) mass is 328 g/mol. The van der Waals surface area contributed by atoms with E-state index in [1.165, 1.54) is 0 Å². The highest BCUT2D eigenvalue weighted by molar-refractivity contribution is 5.99. The number of aliphatic carboxylic acids is 1. The lowest BCUT2D eigenvalue weighted by atomic mass is 9.82. The van der Waals surface area contributed by atoms with Gasteiger partial charge < -0.3 is 15.7 Å². The maximum atomic E-state index is 12.6. The van der Waals surface area contributed by atoms with E-state index in [9.17, 15) is 19.5 Å². The van der Waals surface area contributed by atoms with E-state index in [4.69, 9.17) is 0 Å². The van der Waals surface area contributed by atoms with Gasteiger partial charge in [-0.3, -0.25) is 14.4 Å². The first-order valence-electron chi connectivity index (χ1n) is 8.11. The van der Waals surface area contributed by atoms with Gasteiger partial charge in [0.25, 0.3) is 5.91 Å². The highest BCUT2D eigenvalue weighted by Gasteiger charge is 2.51. The maximum Gasteiger partial charge on any atom is 0.307 e. The normalized spacial score (nSPS) is 27.0. The molecular formula is C18H20N2O4. The molecule has 24 heavy (non-hydrogen) atoms. The number of allylic oxidation sites excluding steroid dienone is 2. The number of hydrogen-bond acceptors (Lipinski definition) is 3. The average molecular weight is 328 g/mol. The van der Waals surface area contributed by atoms with E-state index in [-0.39, 0.29) is 23.7 Å². The van der Waals surface area contributed by atoms with E-state index in [2.05, 4.69) is 10.6 Å². The standard InChI is InChI=1S/C18H20N2O4/c1-2-19-16(21)12-4-3-5-13(9-12)20-17(22)14-10-6-7-11(8-10)15(14)18(23)24/h3-7,9-11,14-15H,2,8H2,1H3,(H,19,21)(H,20,22)(H,23,24)/t10-,11-,14-,15+/m0/s1. The summed E-state index contributed by atoms with van der Waals surface area (Å²) in [7, 11) is 0. The summed E-state index contributed by atoms with van der Waals surface area (Å²) in [5.41, 5.74) is 0.955. The molecule has 2 amide bonds. The van der Waals surface area contributed by atoms with Crippen molar-refractivity contribution in [1.29, 1.82) is 0 Å². The Morgan fingerprint density at radius 3 is 2.54 bits per heavy atom. The van der Waals surface area contributed by atoms with Crippen molar-refractivity contribution in [3.8, 4) is 0 Å². The minimum atomic E-state index is -0.928. The van der Waals surface area contributed by atoms with Crippen LogP contribution in [0.1, 0.15) is 23.7 Å². The molecule has 0 saturated heterocycles. The zero-order chi connectivity index (χ0) is 17.3. The van der Waals surface area contributed by atoms with Crippen LogP contribution in [0.2, 0.25) is 0 Å². The first kappa shape index (κ1) is 16.2. The Kier molecular flexibility index (Phi) is 4.38. The van der Waals surface area contributed by atoms with Crippen molar-refractivity contribution in [3.05, 3.63) is 42.0 Å². The lowest BCUT2D eigenvalue weighted by molar-refractivity contribution is -0.146. The van der Waals surface area contributed by atoms with Gasteiger partial charge in [0.2, 0.25) is 5.91 Å². The number of benzene rings is 1. The molecule has 4 atom stereocenters. The molecular weight excluding hydrogens is 308 g/mol. The number of amides is 2. The maximum absolute atomic E-state index is 12.6. The fraction of sp³-hybridized carbons (Fsp3) is 0.389. The highest BCUT2D eigenvalue weighted by Crippen LogP contribution is 2.48. The number of anilines is 1. The molecule has 2 bridgehead atoms. The molecule has 0 heterocycles. The van der Waals surface area contributed by atoms with E-state index in [0.717, 1.165) is 0 Å². The van der Waals surface area contributed by atoms with E-state index in [0.29, 0.717) is 24.2 Å². The SMILES string of the molecule is CCNC(=O)c1cccc(NC(=O)[C@@H]2[C@H](C(=O)O)[C@H]3C=C[C@H]2C3)c1. The van der Waals surface area contributed by atoms with E-state index >= 15 is 0 Å². The summed E-state index contributed by atoms with van der Waals surface area (Å²) in [6, 6.07) is 6.65. The molecule has 1 fully saturated rings. The minimum absolute atomic E-state index is 0.0253. The Morgan fingerprint density at radius 1 is 1.17 bits per heavy atom. The molecule has 2 aliphatic carbocycles. The molecule has 0 aliphatic heterocycles. The molecule has 6 nitrogen and oxygen atoms in total. The Hall–Kier alpha value is -2.63. The second kappa shape index (κ2) is 6.47. The summed E-state index contributed by atoms with van der Waals surface area (Å²) < 4.78 is 0. The van der Waals surface area contributed by atoms with Crippen LogP contribution in [0.4, 0.5) is 5.69 Å². The van der Waals surface area contributed by atoms with Gasteiger partial charge in [0.15, 0.2) is 0 Å². The molecule has 0 spiro atoms. The van der Waals surface area contributed by atoms with Gasteiger partial charge in [0.1, 0.15) is 0 Å². The van der Waals surface area contributed by atoms with Crippen LogP contribution in [0.15, 0.2) is 36.4 Å². The first-order valence-corrected chi connectivity index (χ1v) is 8.11. The van der Waals surface area contributed by atoms with Gasteiger partial charge in [-0.15, -0.1) is 0 Å². The predicted molar refractivity (Wildman–Crippen MR) is 88.4 cm³/mol. The third-order valence-electron chi connectivity index (χ3n) is 4.78. The van der Waals surface area contributed by atoms with Crippen LogP contribution >= 0.6 is 0 Å². The summed E-state index contributed by atoms with van der Waals surface area (Å²) >= 11 is 0. The molecule has 0 aromatic heterocycles. The van der Waals surface area contributed by atoms with Crippen LogP contribution in [0.3, 0.4) is 0 Å². The van der Waals surface area contributed by atoms with E-state index in [1.54, 1.807) is 24.3 Å². The van der Waals surface area contributed by atoms with Crippen LogP contribution in [0, 0.1) is 23.7 Å². The molecule has 126 valence electrons. The van der Waals surface area contributed by atoms with Crippen molar-refractivity contribution in [3.63, 3.8) is 0 Å². The zero-order valence-corrected chi connectivity index (χ0v) is 13.4. The van der Waals surface area contributed by atoms with Crippen molar-refractivity contribution in [2.24, 2.45) is 23.7 Å². The van der Waals surface area contributed by atoms with E-state index in [1.807, 2.05) is 19.1 Å². The lowest BCUT2D eigenvalue weighted by Gasteiger charge is -2.23. The molecule has 3 rings (SSSR count). The van der Waals surface area contributed by atoms with Crippen LogP contribution in [0.5, 0.6) is 0 Å². The number of carboxylic acids is 1. The molecule has 3 N–H and O–H groups in total. The number of fused-ring (bicyclic) bond motifs is 2. The number of rotatable bonds is 5. The fourth-order valence-corrected chi connectivity index (χ4v) is 3.74. The number of carboxylic acid groups (broad SMARTS) is 1. The zero-order valence-electron chi connectivity index (χ0n) is 13.4.